The topological polar surface area (TPSA) is 46.1 Å². The minimum atomic E-state index is 0.169. The van der Waals surface area contributed by atoms with Crippen LogP contribution in [0.4, 0.5) is 0 Å². The number of carbonyl (C=O) groups excluding carboxylic acids is 1. The lowest BCUT2D eigenvalue weighted by molar-refractivity contribution is -0.127. The fraction of sp³-hybridized carbons (Fsp3) is 0.588. The monoisotopic (exact) mass is 351 g/mol. The molecule has 2 heterocycles. The molecule has 0 bridgehead atoms. The first kappa shape index (κ1) is 18.2. The largest absolute Gasteiger partial charge is 0.343 e. The van der Waals surface area contributed by atoms with E-state index in [1.807, 2.05) is 18.7 Å². The molecule has 0 aliphatic carbocycles. The van der Waals surface area contributed by atoms with E-state index in [0.29, 0.717) is 5.75 Å². The maximum Gasteiger partial charge on any atom is 0.232 e. The van der Waals surface area contributed by atoms with Gasteiger partial charge in [-0.2, -0.15) is 0 Å². The molecule has 2 rings (SSSR count). The highest BCUT2D eigenvalue weighted by Gasteiger charge is 2.18. The first-order chi connectivity index (χ1) is 10.9. The number of thiophene rings is 1. The second kappa shape index (κ2) is 7.62. The van der Waals surface area contributed by atoms with Gasteiger partial charge in [0.1, 0.15) is 15.7 Å². The minimum Gasteiger partial charge on any atom is -0.343 e. The lowest BCUT2D eigenvalue weighted by Crippen LogP contribution is -2.31. The average molecular weight is 352 g/mol. The highest BCUT2D eigenvalue weighted by atomic mass is 32.2. The number of fused-ring (bicyclic) bond motifs is 1. The Hall–Kier alpha value is -1.14. The Morgan fingerprint density at radius 2 is 1.87 bits per heavy atom. The molecule has 0 aliphatic rings. The molecule has 0 atom stereocenters. The van der Waals surface area contributed by atoms with E-state index in [0.717, 1.165) is 34.2 Å². The van der Waals surface area contributed by atoms with Crippen LogP contribution in [0.3, 0.4) is 0 Å². The number of carbonyl (C=O) groups is 1. The summed E-state index contributed by atoms with van der Waals surface area (Å²) in [6, 6.07) is 0. The van der Waals surface area contributed by atoms with Crippen LogP contribution in [0, 0.1) is 13.8 Å². The summed E-state index contributed by atoms with van der Waals surface area (Å²) < 4.78 is 0. The fourth-order valence-corrected chi connectivity index (χ4v) is 4.48. The van der Waals surface area contributed by atoms with Crippen molar-refractivity contribution in [3.05, 3.63) is 16.3 Å². The number of hydrogen-bond acceptors (Lipinski definition) is 5. The molecule has 126 valence electrons. The van der Waals surface area contributed by atoms with Crippen LogP contribution in [0.2, 0.25) is 0 Å². The predicted octanol–water partition coefficient (Wildman–Crippen LogP) is 4.39. The molecule has 2 aromatic rings. The van der Waals surface area contributed by atoms with Crippen molar-refractivity contribution >= 4 is 39.2 Å². The summed E-state index contributed by atoms with van der Waals surface area (Å²) in [5, 5.41) is 2.07. The molecular formula is C17H25N3OS2. The van der Waals surface area contributed by atoms with E-state index in [1.54, 1.807) is 23.1 Å². The molecule has 0 unspecified atom stereocenters. The van der Waals surface area contributed by atoms with Crippen LogP contribution in [-0.2, 0) is 4.79 Å². The van der Waals surface area contributed by atoms with Crippen molar-refractivity contribution in [3.63, 3.8) is 0 Å². The van der Waals surface area contributed by atoms with Gasteiger partial charge in [0.2, 0.25) is 5.91 Å². The summed E-state index contributed by atoms with van der Waals surface area (Å²) in [4.78, 5) is 25.9. The van der Waals surface area contributed by atoms with E-state index in [2.05, 4.69) is 27.7 Å². The van der Waals surface area contributed by atoms with Gasteiger partial charge in [-0.1, -0.05) is 25.6 Å². The molecule has 23 heavy (non-hydrogen) atoms. The van der Waals surface area contributed by atoms with Crippen molar-refractivity contribution in [2.75, 3.05) is 18.8 Å². The molecule has 0 radical (unpaired) electrons. The van der Waals surface area contributed by atoms with Gasteiger partial charge < -0.3 is 4.90 Å². The van der Waals surface area contributed by atoms with Crippen molar-refractivity contribution < 1.29 is 4.79 Å². The first-order valence-corrected chi connectivity index (χ1v) is 9.87. The third-order valence-corrected chi connectivity index (χ3v) is 6.04. The summed E-state index contributed by atoms with van der Waals surface area (Å²) in [6.07, 6.45) is 0. The number of rotatable bonds is 6. The number of hydrogen-bond donors (Lipinski definition) is 0. The molecule has 6 heteroatoms. The van der Waals surface area contributed by atoms with E-state index in [1.165, 1.54) is 10.4 Å². The fourth-order valence-electron chi connectivity index (χ4n) is 2.39. The molecule has 0 spiro atoms. The summed E-state index contributed by atoms with van der Waals surface area (Å²) in [6.45, 7) is 14.0. The van der Waals surface area contributed by atoms with Crippen LogP contribution in [0.15, 0.2) is 5.03 Å². The molecule has 0 aromatic carbocycles. The SMILES string of the molecule is CCN(CC)C(=O)CSc1nc(C(C)C)nc2sc(C)c(C)c12. The summed E-state index contributed by atoms with van der Waals surface area (Å²) in [5.74, 6) is 1.73. The Balaban J connectivity index is 2.36. The van der Waals surface area contributed by atoms with Gasteiger partial charge in [0.05, 0.1) is 5.75 Å². The second-order valence-corrected chi connectivity index (χ2v) is 8.03. The molecule has 1 amide bonds. The van der Waals surface area contributed by atoms with E-state index in [-0.39, 0.29) is 11.8 Å². The van der Waals surface area contributed by atoms with Gasteiger partial charge in [-0.25, -0.2) is 9.97 Å². The minimum absolute atomic E-state index is 0.169. The van der Waals surface area contributed by atoms with E-state index in [4.69, 9.17) is 9.97 Å². The van der Waals surface area contributed by atoms with Crippen molar-refractivity contribution in [1.82, 2.24) is 14.9 Å². The van der Waals surface area contributed by atoms with Crippen molar-refractivity contribution in [3.8, 4) is 0 Å². The Labute approximate surface area is 146 Å². The van der Waals surface area contributed by atoms with Gasteiger partial charge in [0.25, 0.3) is 0 Å². The van der Waals surface area contributed by atoms with Gasteiger partial charge >= 0.3 is 0 Å². The van der Waals surface area contributed by atoms with Gasteiger partial charge in [-0.05, 0) is 33.3 Å². The molecular weight excluding hydrogens is 326 g/mol. The number of aromatic nitrogens is 2. The van der Waals surface area contributed by atoms with Gasteiger partial charge in [0, 0.05) is 29.3 Å². The first-order valence-electron chi connectivity index (χ1n) is 8.07. The highest BCUT2D eigenvalue weighted by molar-refractivity contribution is 8.00. The lowest BCUT2D eigenvalue weighted by atomic mass is 10.2. The van der Waals surface area contributed by atoms with Crippen LogP contribution < -0.4 is 0 Å². The van der Waals surface area contributed by atoms with Gasteiger partial charge in [0.15, 0.2) is 0 Å². The summed E-state index contributed by atoms with van der Waals surface area (Å²) in [5.41, 5.74) is 1.23. The predicted molar refractivity (Wildman–Crippen MR) is 99.6 cm³/mol. The maximum atomic E-state index is 12.3. The molecule has 4 nitrogen and oxygen atoms in total. The number of nitrogens with zero attached hydrogens (tertiary/aromatic N) is 3. The molecule has 0 N–H and O–H groups in total. The second-order valence-electron chi connectivity index (χ2n) is 5.86. The number of amides is 1. The Kier molecular flexibility index (Phi) is 6.03. The van der Waals surface area contributed by atoms with E-state index in [9.17, 15) is 4.79 Å². The molecule has 0 saturated carbocycles. The highest BCUT2D eigenvalue weighted by Crippen LogP contribution is 2.36. The molecule has 0 fully saturated rings. The lowest BCUT2D eigenvalue weighted by Gasteiger charge is -2.18. The van der Waals surface area contributed by atoms with Crippen LogP contribution in [0.1, 0.15) is 49.9 Å². The van der Waals surface area contributed by atoms with Gasteiger partial charge in [-0.3, -0.25) is 4.79 Å². The molecule has 0 saturated heterocycles. The van der Waals surface area contributed by atoms with Crippen molar-refractivity contribution in [1.29, 1.82) is 0 Å². The van der Waals surface area contributed by atoms with Crippen LogP contribution >= 0.6 is 23.1 Å². The molecule has 2 aromatic heterocycles. The zero-order valence-electron chi connectivity index (χ0n) is 14.8. The zero-order valence-corrected chi connectivity index (χ0v) is 16.4. The van der Waals surface area contributed by atoms with Crippen LogP contribution in [0.25, 0.3) is 10.2 Å². The normalized spacial score (nSPS) is 11.4. The Morgan fingerprint density at radius 1 is 1.22 bits per heavy atom. The molecule has 0 aliphatic heterocycles. The smallest absolute Gasteiger partial charge is 0.232 e. The number of aryl methyl sites for hydroxylation is 2. The van der Waals surface area contributed by atoms with Crippen LogP contribution in [-0.4, -0.2) is 39.6 Å². The standard InChI is InChI=1S/C17H25N3OS2/c1-7-20(8-2)13(21)9-22-16-14-11(5)12(6)23-17(14)19-15(18-16)10(3)4/h10H,7-9H2,1-6H3. The third kappa shape index (κ3) is 3.86. The average Bonchev–Trinajstić information content (AvgIpc) is 2.80. The number of thioether (sulfide) groups is 1. The third-order valence-electron chi connectivity index (χ3n) is 3.98. The van der Waals surface area contributed by atoms with Crippen LogP contribution in [0.5, 0.6) is 0 Å². The van der Waals surface area contributed by atoms with Crippen molar-refractivity contribution in [2.24, 2.45) is 0 Å². The van der Waals surface area contributed by atoms with Gasteiger partial charge in [-0.15, -0.1) is 11.3 Å². The Bertz CT molecular complexity index is 705. The Morgan fingerprint density at radius 3 is 2.43 bits per heavy atom. The van der Waals surface area contributed by atoms with E-state index < -0.39 is 0 Å². The maximum absolute atomic E-state index is 12.3. The summed E-state index contributed by atoms with van der Waals surface area (Å²) in [7, 11) is 0. The van der Waals surface area contributed by atoms with E-state index >= 15 is 0 Å². The zero-order chi connectivity index (χ0) is 17.1. The van der Waals surface area contributed by atoms with Crippen molar-refractivity contribution in [2.45, 2.75) is 52.5 Å². The summed E-state index contributed by atoms with van der Waals surface area (Å²) >= 11 is 3.25. The quantitative estimate of drug-likeness (QED) is 0.572.